The number of carbonyl (C=O) groups is 1. The average Bonchev–Trinajstić information content (AvgIpc) is 2.60. The number of carbonyl (C=O) groups excluding carboxylic acids is 1. The van der Waals surface area contributed by atoms with E-state index in [1.807, 2.05) is 0 Å². The molecule has 0 N–H and O–H groups in total. The van der Waals surface area contributed by atoms with Crippen LogP contribution in [0, 0.1) is 10.1 Å². The molecule has 0 aliphatic heterocycles. The van der Waals surface area contributed by atoms with Crippen LogP contribution in [-0.2, 0) is 4.79 Å². The van der Waals surface area contributed by atoms with Gasteiger partial charge in [-0.2, -0.15) is 0 Å². The van der Waals surface area contributed by atoms with Crippen LogP contribution in [0.2, 0.25) is 0 Å². The number of esters is 1. The number of thiophene rings is 1. The summed E-state index contributed by atoms with van der Waals surface area (Å²) in [6, 6.07) is 4.48. The first-order chi connectivity index (χ1) is 7.58. The Morgan fingerprint density at radius 1 is 1.50 bits per heavy atom. The number of fused-ring (bicyclic) bond motifs is 1. The average molecular weight is 237 g/mol. The summed E-state index contributed by atoms with van der Waals surface area (Å²) in [6.07, 6.45) is 0. The quantitative estimate of drug-likeness (QED) is 0.457. The van der Waals surface area contributed by atoms with Crippen molar-refractivity contribution in [2.24, 2.45) is 0 Å². The Morgan fingerprint density at radius 2 is 2.25 bits per heavy atom. The molecule has 5 nitrogen and oxygen atoms in total. The van der Waals surface area contributed by atoms with E-state index in [1.54, 1.807) is 11.4 Å². The first-order valence-electron chi connectivity index (χ1n) is 4.42. The van der Waals surface area contributed by atoms with E-state index in [-0.39, 0.29) is 5.69 Å². The van der Waals surface area contributed by atoms with Gasteiger partial charge in [0.1, 0.15) is 5.75 Å². The molecule has 0 aliphatic rings. The predicted octanol–water partition coefficient (Wildman–Crippen LogP) is 2.73. The Bertz CT molecular complexity index is 575. The van der Waals surface area contributed by atoms with Gasteiger partial charge in [-0.15, -0.1) is 11.3 Å². The minimum absolute atomic E-state index is 0.0145. The second-order valence-electron chi connectivity index (χ2n) is 3.13. The summed E-state index contributed by atoms with van der Waals surface area (Å²) in [4.78, 5) is 20.9. The van der Waals surface area contributed by atoms with Gasteiger partial charge in [-0.1, -0.05) is 0 Å². The lowest BCUT2D eigenvalue weighted by Crippen LogP contribution is -2.00. The van der Waals surface area contributed by atoms with Crippen molar-refractivity contribution in [3.63, 3.8) is 0 Å². The fraction of sp³-hybridized carbons (Fsp3) is 0.100. The molecule has 1 aromatic heterocycles. The van der Waals surface area contributed by atoms with E-state index >= 15 is 0 Å². The molecule has 0 saturated heterocycles. The third-order valence-electron chi connectivity index (χ3n) is 1.99. The summed E-state index contributed by atoms with van der Waals surface area (Å²) in [6.45, 7) is 1.29. The molecular formula is C10H7NO4S. The van der Waals surface area contributed by atoms with E-state index in [0.717, 1.165) is 4.70 Å². The van der Waals surface area contributed by atoms with Crippen LogP contribution in [0.1, 0.15) is 6.92 Å². The fourth-order valence-corrected chi connectivity index (χ4v) is 2.18. The molecule has 1 heterocycles. The molecule has 0 amide bonds. The molecule has 1 aromatic carbocycles. The zero-order chi connectivity index (χ0) is 11.7. The van der Waals surface area contributed by atoms with E-state index in [0.29, 0.717) is 11.1 Å². The van der Waals surface area contributed by atoms with E-state index in [9.17, 15) is 14.9 Å². The fourth-order valence-electron chi connectivity index (χ4n) is 1.34. The van der Waals surface area contributed by atoms with Crippen molar-refractivity contribution in [2.45, 2.75) is 6.92 Å². The molecule has 0 unspecified atom stereocenters. The molecule has 2 rings (SSSR count). The van der Waals surface area contributed by atoms with E-state index in [4.69, 9.17) is 4.74 Å². The van der Waals surface area contributed by atoms with Crippen LogP contribution in [0.3, 0.4) is 0 Å². The number of non-ortho nitro benzene ring substituents is 1. The van der Waals surface area contributed by atoms with Crippen LogP contribution < -0.4 is 4.74 Å². The number of nitrogens with zero attached hydrogens (tertiary/aromatic N) is 1. The Kier molecular flexibility index (Phi) is 2.57. The number of benzene rings is 1. The smallest absolute Gasteiger partial charge is 0.308 e. The molecule has 0 radical (unpaired) electrons. The summed E-state index contributed by atoms with van der Waals surface area (Å²) in [7, 11) is 0. The highest BCUT2D eigenvalue weighted by molar-refractivity contribution is 7.17. The molecule has 0 saturated carbocycles. The van der Waals surface area contributed by atoms with Crippen LogP contribution in [0.25, 0.3) is 10.1 Å². The topological polar surface area (TPSA) is 69.4 Å². The molecule has 82 valence electrons. The highest BCUT2D eigenvalue weighted by Gasteiger charge is 2.12. The molecule has 0 bridgehead atoms. The van der Waals surface area contributed by atoms with Gasteiger partial charge in [0, 0.05) is 34.5 Å². The standard InChI is InChI=1S/C10H7NO4S/c1-6(12)15-9-5-16-10-3-2-7(11(13)14)4-8(9)10/h2-5H,1H3. The Hall–Kier alpha value is -1.95. The number of rotatable bonds is 2. The van der Waals surface area contributed by atoms with Crippen molar-refractivity contribution < 1.29 is 14.5 Å². The summed E-state index contributed by atoms with van der Waals surface area (Å²) in [5.74, 6) is -0.0672. The van der Waals surface area contributed by atoms with Gasteiger partial charge in [-0.05, 0) is 6.07 Å². The molecule has 2 aromatic rings. The van der Waals surface area contributed by atoms with Gasteiger partial charge in [0.25, 0.3) is 5.69 Å². The van der Waals surface area contributed by atoms with Crippen molar-refractivity contribution in [1.29, 1.82) is 0 Å². The van der Waals surface area contributed by atoms with Gasteiger partial charge in [0.2, 0.25) is 0 Å². The summed E-state index contributed by atoms with van der Waals surface area (Å²) in [5, 5.41) is 12.9. The highest BCUT2D eigenvalue weighted by Crippen LogP contribution is 2.34. The predicted molar refractivity (Wildman–Crippen MR) is 59.8 cm³/mol. The van der Waals surface area contributed by atoms with Crippen LogP contribution in [0.5, 0.6) is 5.75 Å². The highest BCUT2D eigenvalue weighted by atomic mass is 32.1. The Labute approximate surface area is 94.4 Å². The van der Waals surface area contributed by atoms with Crippen molar-refractivity contribution in [1.82, 2.24) is 0 Å². The maximum atomic E-state index is 10.8. The number of nitro groups is 1. The summed E-state index contributed by atoms with van der Waals surface area (Å²) < 4.78 is 5.80. The Morgan fingerprint density at radius 3 is 2.88 bits per heavy atom. The van der Waals surface area contributed by atoms with Gasteiger partial charge in [-0.25, -0.2) is 0 Å². The minimum Gasteiger partial charge on any atom is -0.425 e. The number of ether oxygens (including phenoxy) is 1. The lowest BCUT2D eigenvalue weighted by molar-refractivity contribution is -0.384. The van der Waals surface area contributed by atoms with Crippen LogP contribution >= 0.6 is 11.3 Å². The number of nitro benzene ring substituents is 1. The minimum atomic E-state index is -0.478. The zero-order valence-electron chi connectivity index (χ0n) is 8.30. The number of hydrogen-bond donors (Lipinski definition) is 0. The van der Waals surface area contributed by atoms with Crippen molar-refractivity contribution in [3.8, 4) is 5.75 Å². The lowest BCUT2D eigenvalue weighted by Gasteiger charge is -1.98. The van der Waals surface area contributed by atoms with E-state index in [1.165, 1.54) is 30.4 Å². The van der Waals surface area contributed by atoms with E-state index in [2.05, 4.69) is 0 Å². The molecule has 0 atom stereocenters. The van der Waals surface area contributed by atoms with E-state index < -0.39 is 10.9 Å². The van der Waals surface area contributed by atoms with Crippen molar-refractivity contribution >= 4 is 33.1 Å². The Balaban J connectivity index is 2.55. The first-order valence-corrected chi connectivity index (χ1v) is 5.30. The second-order valence-corrected chi connectivity index (χ2v) is 4.04. The number of hydrogen-bond acceptors (Lipinski definition) is 5. The van der Waals surface area contributed by atoms with Crippen LogP contribution in [0.4, 0.5) is 5.69 Å². The van der Waals surface area contributed by atoms with Gasteiger partial charge in [0.15, 0.2) is 0 Å². The molecule has 6 heteroatoms. The molecule has 0 aliphatic carbocycles. The van der Waals surface area contributed by atoms with Crippen LogP contribution in [0.15, 0.2) is 23.6 Å². The monoisotopic (exact) mass is 237 g/mol. The first kappa shape index (κ1) is 10.6. The molecule has 0 fully saturated rings. The lowest BCUT2D eigenvalue weighted by atomic mass is 10.2. The summed E-state index contributed by atoms with van der Waals surface area (Å²) in [5.41, 5.74) is -0.0145. The molecule has 16 heavy (non-hydrogen) atoms. The largest absolute Gasteiger partial charge is 0.425 e. The van der Waals surface area contributed by atoms with Crippen molar-refractivity contribution in [3.05, 3.63) is 33.7 Å². The van der Waals surface area contributed by atoms with Gasteiger partial charge < -0.3 is 4.74 Å². The van der Waals surface area contributed by atoms with Gasteiger partial charge >= 0.3 is 5.97 Å². The SMILES string of the molecule is CC(=O)Oc1csc2ccc([N+](=O)[O-])cc12. The summed E-state index contributed by atoms with van der Waals surface area (Å²) >= 11 is 1.38. The second kappa shape index (κ2) is 3.90. The zero-order valence-corrected chi connectivity index (χ0v) is 9.11. The maximum Gasteiger partial charge on any atom is 0.308 e. The van der Waals surface area contributed by atoms with Gasteiger partial charge in [-0.3, -0.25) is 14.9 Å². The third-order valence-corrected chi connectivity index (χ3v) is 2.93. The molecular weight excluding hydrogens is 230 g/mol. The van der Waals surface area contributed by atoms with Crippen LogP contribution in [-0.4, -0.2) is 10.9 Å². The normalized spacial score (nSPS) is 10.3. The van der Waals surface area contributed by atoms with Gasteiger partial charge in [0.05, 0.1) is 4.92 Å². The maximum absolute atomic E-state index is 10.8. The van der Waals surface area contributed by atoms with Crippen molar-refractivity contribution in [2.75, 3.05) is 0 Å². The molecule has 0 spiro atoms. The third kappa shape index (κ3) is 1.87.